The van der Waals surface area contributed by atoms with Crippen molar-refractivity contribution in [1.29, 1.82) is 5.26 Å². The molecule has 10 nitrogen and oxygen atoms in total. The summed E-state index contributed by atoms with van der Waals surface area (Å²) >= 11 is 0. The zero-order valence-electron chi connectivity index (χ0n) is 15.8. The second kappa shape index (κ2) is 7.27. The van der Waals surface area contributed by atoms with Crippen molar-refractivity contribution in [3.63, 3.8) is 0 Å². The summed E-state index contributed by atoms with van der Waals surface area (Å²) in [6, 6.07) is 5.58. The van der Waals surface area contributed by atoms with E-state index in [0.717, 1.165) is 6.07 Å². The lowest BCUT2D eigenvalue weighted by Gasteiger charge is -2.34. The summed E-state index contributed by atoms with van der Waals surface area (Å²) in [6.07, 6.45) is 0.791. The molecule has 3 N–H and O–H groups in total. The minimum Gasteiger partial charge on any atom is -0.462 e. The van der Waals surface area contributed by atoms with Crippen molar-refractivity contribution in [2.75, 3.05) is 11.9 Å². The van der Waals surface area contributed by atoms with E-state index in [0.29, 0.717) is 6.42 Å². The average molecular weight is 398 g/mol. The number of nitro groups is 1. The van der Waals surface area contributed by atoms with Crippen LogP contribution in [0.15, 0.2) is 41.0 Å². The maximum absolute atomic E-state index is 13.3. The van der Waals surface area contributed by atoms with Gasteiger partial charge in [-0.2, -0.15) is 5.26 Å². The average Bonchev–Trinajstić information content (AvgIpc) is 2.94. The van der Waals surface area contributed by atoms with E-state index in [4.69, 9.17) is 15.2 Å². The van der Waals surface area contributed by atoms with Crippen molar-refractivity contribution in [2.45, 2.75) is 32.1 Å². The third kappa shape index (κ3) is 2.79. The number of nitriles is 1. The molecule has 0 saturated carbocycles. The van der Waals surface area contributed by atoms with E-state index in [1.807, 2.05) is 13.0 Å². The molecule has 1 aromatic carbocycles. The number of carbonyl (C=O) groups is 2. The number of benzene rings is 1. The monoisotopic (exact) mass is 398 g/mol. The summed E-state index contributed by atoms with van der Waals surface area (Å²) in [5.41, 5.74) is 3.46. The van der Waals surface area contributed by atoms with E-state index in [9.17, 15) is 25.0 Å². The Morgan fingerprint density at radius 3 is 2.76 bits per heavy atom. The molecule has 1 amide bonds. The minimum atomic E-state index is -1.99. The molecule has 0 radical (unpaired) electrons. The Balaban J connectivity index is 2.44. The van der Waals surface area contributed by atoms with Crippen molar-refractivity contribution in [3.8, 4) is 6.07 Å². The molecular weight excluding hydrogens is 380 g/mol. The number of nitrogens with zero attached hydrogens (tertiary/aromatic N) is 2. The fourth-order valence-corrected chi connectivity index (χ4v) is 3.67. The van der Waals surface area contributed by atoms with Gasteiger partial charge in [0.1, 0.15) is 23.0 Å². The van der Waals surface area contributed by atoms with Gasteiger partial charge in [0.15, 0.2) is 5.41 Å². The summed E-state index contributed by atoms with van der Waals surface area (Å²) < 4.78 is 10.7. The number of rotatable bonds is 5. The summed E-state index contributed by atoms with van der Waals surface area (Å²) in [5.74, 6) is -1.83. The number of amides is 1. The number of esters is 1. The van der Waals surface area contributed by atoms with Gasteiger partial charge >= 0.3 is 5.97 Å². The summed E-state index contributed by atoms with van der Waals surface area (Å²) in [7, 11) is 0. The smallest absolute Gasteiger partial charge is 0.339 e. The quantitative estimate of drug-likeness (QED) is 0.434. The molecule has 3 rings (SSSR count). The maximum Gasteiger partial charge on any atom is 0.339 e. The second-order valence-electron chi connectivity index (χ2n) is 6.41. The lowest BCUT2D eigenvalue weighted by atomic mass is 9.67. The van der Waals surface area contributed by atoms with Crippen LogP contribution in [0.25, 0.3) is 0 Å². The van der Waals surface area contributed by atoms with Crippen molar-refractivity contribution >= 4 is 23.3 Å². The van der Waals surface area contributed by atoms with Crippen LogP contribution in [0.4, 0.5) is 11.4 Å². The number of nitrogens with one attached hydrogen (secondary N) is 1. The third-order valence-corrected chi connectivity index (χ3v) is 4.78. The highest BCUT2D eigenvalue weighted by molar-refractivity contribution is 6.17. The Hall–Kier alpha value is -3.87. The Bertz CT molecular complexity index is 1040. The number of hydrogen-bond acceptors (Lipinski definition) is 8. The molecule has 2 aliphatic rings. The van der Waals surface area contributed by atoms with Crippen molar-refractivity contribution in [1.82, 2.24) is 0 Å². The largest absolute Gasteiger partial charge is 0.462 e. The van der Waals surface area contributed by atoms with Crippen LogP contribution in [0.5, 0.6) is 0 Å². The minimum absolute atomic E-state index is 0.0162. The number of hydrogen-bond donors (Lipinski definition) is 2. The first kappa shape index (κ1) is 19.9. The molecule has 0 aliphatic carbocycles. The van der Waals surface area contributed by atoms with E-state index in [2.05, 4.69) is 5.32 Å². The topological polar surface area (TPSA) is 158 Å². The number of anilines is 1. The molecule has 0 fully saturated rings. The molecule has 1 spiro atoms. The Labute approximate surface area is 165 Å². The van der Waals surface area contributed by atoms with Gasteiger partial charge in [0.2, 0.25) is 11.8 Å². The Kier molecular flexibility index (Phi) is 4.99. The maximum atomic E-state index is 13.3. The first-order chi connectivity index (χ1) is 13.8. The van der Waals surface area contributed by atoms with Crippen molar-refractivity contribution < 1.29 is 24.0 Å². The van der Waals surface area contributed by atoms with Gasteiger partial charge in [-0.15, -0.1) is 0 Å². The fraction of sp³-hybridized carbons (Fsp3) is 0.316. The molecule has 0 aromatic heterocycles. The van der Waals surface area contributed by atoms with E-state index >= 15 is 0 Å². The van der Waals surface area contributed by atoms with Gasteiger partial charge in [0.05, 0.1) is 11.5 Å². The van der Waals surface area contributed by atoms with Crippen LogP contribution < -0.4 is 11.1 Å². The molecule has 1 aromatic rings. The van der Waals surface area contributed by atoms with E-state index in [1.165, 1.54) is 12.1 Å². The molecule has 10 heteroatoms. The molecule has 2 aliphatic heterocycles. The van der Waals surface area contributed by atoms with Gasteiger partial charge in [0.25, 0.3) is 5.69 Å². The lowest BCUT2D eigenvalue weighted by Crippen LogP contribution is -2.46. The third-order valence-electron chi connectivity index (χ3n) is 4.78. The predicted octanol–water partition coefficient (Wildman–Crippen LogP) is 2.13. The predicted molar refractivity (Wildman–Crippen MR) is 99.9 cm³/mol. The highest BCUT2D eigenvalue weighted by Crippen LogP contribution is 2.53. The highest BCUT2D eigenvalue weighted by Gasteiger charge is 2.60. The van der Waals surface area contributed by atoms with Gasteiger partial charge in [-0.3, -0.25) is 14.9 Å². The number of carbonyl (C=O) groups excluding carboxylic acids is 2. The van der Waals surface area contributed by atoms with E-state index in [1.54, 1.807) is 6.92 Å². The molecule has 0 saturated heterocycles. The zero-order valence-corrected chi connectivity index (χ0v) is 15.8. The molecule has 29 heavy (non-hydrogen) atoms. The lowest BCUT2D eigenvalue weighted by molar-refractivity contribution is -0.384. The van der Waals surface area contributed by atoms with Crippen molar-refractivity contribution in [2.24, 2.45) is 5.73 Å². The molecule has 150 valence electrons. The van der Waals surface area contributed by atoms with E-state index in [-0.39, 0.29) is 52.8 Å². The molecule has 2 heterocycles. The van der Waals surface area contributed by atoms with Crippen LogP contribution in [-0.2, 0) is 24.5 Å². The van der Waals surface area contributed by atoms with Gasteiger partial charge in [0, 0.05) is 29.8 Å². The summed E-state index contributed by atoms with van der Waals surface area (Å²) in [6.45, 7) is 3.44. The van der Waals surface area contributed by atoms with Crippen molar-refractivity contribution in [3.05, 3.63) is 56.7 Å². The number of allylic oxidation sites excluding steroid dienone is 1. The molecular formula is C19H18N4O6. The van der Waals surface area contributed by atoms with E-state index < -0.39 is 22.2 Å². The van der Waals surface area contributed by atoms with Crippen LogP contribution in [0.2, 0.25) is 0 Å². The van der Waals surface area contributed by atoms with Crippen LogP contribution in [0.1, 0.15) is 32.3 Å². The molecule has 0 bridgehead atoms. The van der Waals surface area contributed by atoms with Gasteiger partial charge in [-0.25, -0.2) is 4.79 Å². The summed E-state index contributed by atoms with van der Waals surface area (Å²) in [4.78, 5) is 36.9. The first-order valence-corrected chi connectivity index (χ1v) is 8.92. The second-order valence-corrected chi connectivity index (χ2v) is 6.41. The number of ether oxygens (including phenoxy) is 2. The van der Waals surface area contributed by atoms with Crippen LogP contribution >= 0.6 is 0 Å². The zero-order chi connectivity index (χ0) is 21.3. The Morgan fingerprint density at radius 2 is 2.17 bits per heavy atom. The highest BCUT2D eigenvalue weighted by atomic mass is 16.6. The first-order valence-electron chi connectivity index (χ1n) is 8.92. The van der Waals surface area contributed by atoms with Crippen LogP contribution in [-0.4, -0.2) is 23.4 Å². The standard InChI is InChI=1S/C19H18N4O6/c1-3-5-14-15(17(24)28-4-2)19(12(9-20)16(21)29-14)11-8-10(23(26)27)6-7-13(11)22-18(19)25/h6-8H,3-5,21H2,1-2H3,(H,22,25). The number of nitrogens with two attached hydrogens (primary N) is 1. The Morgan fingerprint density at radius 1 is 1.45 bits per heavy atom. The van der Waals surface area contributed by atoms with Crippen LogP contribution in [0, 0.1) is 21.4 Å². The fourth-order valence-electron chi connectivity index (χ4n) is 3.67. The number of fused-ring (bicyclic) bond motifs is 2. The number of non-ortho nitro benzene ring substituents is 1. The molecule has 1 atom stereocenters. The summed E-state index contributed by atoms with van der Waals surface area (Å²) in [5, 5.41) is 23.7. The van der Waals surface area contributed by atoms with Gasteiger partial charge < -0.3 is 20.5 Å². The number of nitro benzene ring substituents is 1. The normalized spacial score (nSPS) is 20.1. The van der Waals surface area contributed by atoms with Crippen LogP contribution in [0.3, 0.4) is 0 Å². The van der Waals surface area contributed by atoms with Gasteiger partial charge in [-0.05, 0) is 19.4 Å². The van der Waals surface area contributed by atoms with Gasteiger partial charge in [-0.1, -0.05) is 6.92 Å². The SMILES string of the molecule is CCCC1=C(C(=O)OCC)C2(C(=O)Nc3ccc([N+](=O)[O-])cc32)C(C#N)=C(N)O1. The molecule has 1 unspecified atom stereocenters.